The van der Waals surface area contributed by atoms with Crippen LogP contribution in [0.2, 0.25) is 0 Å². The van der Waals surface area contributed by atoms with E-state index >= 15 is 0 Å². The summed E-state index contributed by atoms with van der Waals surface area (Å²) in [4.78, 5) is 19.6. The Morgan fingerprint density at radius 1 is 1.52 bits per heavy atom. The van der Waals surface area contributed by atoms with Gasteiger partial charge in [-0.3, -0.25) is 4.79 Å². The molecule has 0 radical (unpaired) electrons. The predicted molar refractivity (Wildman–Crippen MR) is 73.0 cm³/mol. The number of ether oxygens (including phenoxy) is 1. The summed E-state index contributed by atoms with van der Waals surface area (Å²) in [6.45, 7) is 4.02. The molecule has 1 atom stereocenters. The van der Waals surface area contributed by atoms with Crippen LogP contribution in [0, 0.1) is 6.92 Å². The summed E-state index contributed by atoms with van der Waals surface area (Å²) in [5.74, 6) is 0.0356. The molecule has 21 heavy (non-hydrogen) atoms. The van der Waals surface area contributed by atoms with Gasteiger partial charge in [-0.2, -0.15) is 0 Å². The van der Waals surface area contributed by atoms with Gasteiger partial charge >= 0.3 is 5.97 Å². The molecule has 2 heterocycles. The number of carbonyl (C=O) groups excluding carboxylic acids is 1. The number of aryl methyl sites for hydroxylation is 1. The molecule has 0 unspecified atom stereocenters. The molecule has 0 aliphatic carbocycles. The standard InChI is InChI=1S/C13H17N5O3/c1-3-21-12(20)6-10(19)7-18-8-11(16-17-18)13-14-5-4-9(2)15-13/h4-5,8,10,19H,3,6-7H2,1-2H3/t10-/m0/s1. The Labute approximate surface area is 121 Å². The van der Waals surface area contributed by atoms with E-state index < -0.39 is 12.1 Å². The number of aliphatic hydroxyl groups is 1. The Bertz CT molecular complexity index is 613. The number of carbonyl (C=O) groups is 1. The first-order chi connectivity index (χ1) is 10.1. The van der Waals surface area contributed by atoms with E-state index in [9.17, 15) is 9.90 Å². The Balaban J connectivity index is 1.98. The van der Waals surface area contributed by atoms with E-state index in [1.54, 1.807) is 25.4 Å². The maximum absolute atomic E-state index is 11.3. The molecule has 2 aromatic rings. The number of nitrogens with zero attached hydrogens (tertiary/aromatic N) is 5. The van der Waals surface area contributed by atoms with Gasteiger partial charge in [-0.25, -0.2) is 14.6 Å². The molecule has 0 saturated carbocycles. The Morgan fingerprint density at radius 2 is 2.33 bits per heavy atom. The van der Waals surface area contributed by atoms with Crippen molar-refractivity contribution in [1.29, 1.82) is 0 Å². The molecule has 2 aromatic heterocycles. The van der Waals surface area contributed by atoms with Crippen LogP contribution >= 0.6 is 0 Å². The second-order valence-corrected chi connectivity index (χ2v) is 4.51. The van der Waals surface area contributed by atoms with Crippen molar-refractivity contribution in [3.63, 3.8) is 0 Å². The topological polar surface area (TPSA) is 103 Å². The number of rotatable bonds is 6. The first-order valence-electron chi connectivity index (χ1n) is 6.62. The molecule has 0 spiro atoms. The van der Waals surface area contributed by atoms with Crippen LogP contribution in [0.25, 0.3) is 11.5 Å². The second kappa shape index (κ2) is 6.89. The van der Waals surface area contributed by atoms with Gasteiger partial charge in [0.15, 0.2) is 5.82 Å². The van der Waals surface area contributed by atoms with Crippen molar-refractivity contribution < 1.29 is 14.6 Å². The van der Waals surface area contributed by atoms with E-state index in [-0.39, 0.29) is 13.0 Å². The van der Waals surface area contributed by atoms with Crippen LogP contribution < -0.4 is 0 Å². The fourth-order valence-corrected chi connectivity index (χ4v) is 1.76. The monoisotopic (exact) mass is 291 g/mol. The van der Waals surface area contributed by atoms with Gasteiger partial charge in [0, 0.05) is 11.9 Å². The highest BCUT2D eigenvalue weighted by molar-refractivity contribution is 5.69. The van der Waals surface area contributed by atoms with Gasteiger partial charge in [-0.15, -0.1) is 5.10 Å². The number of hydrogen-bond acceptors (Lipinski definition) is 7. The molecular formula is C13H17N5O3. The summed E-state index contributed by atoms with van der Waals surface area (Å²) in [6, 6.07) is 1.79. The SMILES string of the molecule is CCOC(=O)C[C@H](O)Cn1cc(-c2nccc(C)n2)nn1. The Kier molecular flexibility index (Phi) is 4.94. The molecule has 1 N–H and O–H groups in total. The van der Waals surface area contributed by atoms with Crippen LogP contribution in [0.3, 0.4) is 0 Å². The average molecular weight is 291 g/mol. The zero-order chi connectivity index (χ0) is 15.2. The molecule has 8 nitrogen and oxygen atoms in total. The number of aliphatic hydroxyl groups excluding tert-OH is 1. The second-order valence-electron chi connectivity index (χ2n) is 4.51. The van der Waals surface area contributed by atoms with Crippen molar-refractivity contribution >= 4 is 5.97 Å². The maximum atomic E-state index is 11.3. The number of esters is 1. The lowest BCUT2D eigenvalue weighted by Crippen LogP contribution is -2.21. The van der Waals surface area contributed by atoms with Gasteiger partial charge in [0.05, 0.1) is 31.9 Å². The van der Waals surface area contributed by atoms with Gasteiger partial charge < -0.3 is 9.84 Å². The van der Waals surface area contributed by atoms with E-state index in [1.165, 1.54) is 4.68 Å². The summed E-state index contributed by atoms with van der Waals surface area (Å²) < 4.78 is 6.22. The minimum atomic E-state index is -0.878. The minimum Gasteiger partial charge on any atom is -0.466 e. The lowest BCUT2D eigenvalue weighted by Gasteiger charge is -2.08. The van der Waals surface area contributed by atoms with Crippen molar-refractivity contribution in [1.82, 2.24) is 25.0 Å². The molecule has 0 saturated heterocycles. The maximum Gasteiger partial charge on any atom is 0.308 e. The normalized spacial score (nSPS) is 12.1. The summed E-state index contributed by atoms with van der Waals surface area (Å²) in [5, 5.41) is 17.6. The molecule has 0 aromatic carbocycles. The van der Waals surface area contributed by atoms with Crippen LogP contribution in [0.15, 0.2) is 18.5 Å². The molecular weight excluding hydrogens is 274 g/mol. The van der Waals surface area contributed by atoms with Gasteiger partial charge in [0.2, 0.25) is 0 Å². The highest BCUT2D eigenvalue weighted by atomic mass is 16.5. The summed E-state index contributed by atoms with van der Waals surface area (Å²) in [5.41, 5.74) is 1.35. The summed E-state index contributed by atoms with van der Waals surface area (Å²) in [7, 11) is 0. The molecule has 0 fully saturated rings. The van der Waals surface area contributed by atoms with Crippen LogP contribution in [0.4, 0.5) is 0 Å². The van der Waals surface area contributed by atoms with Crippen LogP contribution in [-0.2, 0) is 16.1 Å². The fraction of sp³-hybridized carbons (Fsp3) is 0.462. The summed E-state index contributed by atoms with van der Waals surface area (Å²) in [6.07, 6.45) is 2.32. The molecule has 0 aliphatic heterocycles. The Hall–Kier alpha value is -2.35. The smallest absolute Gasteiger partial charge is 0.308 e. The third-order valence-corrected chi connectivity index (χ3v) is 2.67. The van der Waals surface area contributed by atoms with Gasteiger partial charge in [0.1, 0.15) is 5.69 Å². The molecule has 112 valence electrons. The largest absolute Gasteiger partial charge is 0.466 e. The quantitative estimate of drug-likeness (QED) is 0.766. The van der Waals surface area contributed by atoms with E-state index in [0.717, 1.165) is 5.69 Å². The molecule has 0 aliphatic rings. The summed E-state index contributed by atoms with van der Waals surface area (Å²) >= 11 is 0. The third-order valence-electron chi connectivity index (χ3n) is 2.67. The van der Waals surface area contributed by atoms with Gasteiger partial charge in [-0.05, 0) is 19.9 Å². The van der Waals surface area contributed by atoms with Gasteiger partial charge in [-0.1, -0.05) is 5.21 Å². The molecule has 0 amide bonds. The van der Waals surface area contributed by atoms with E-state index in [1.807, 2.05) is 6.92 Å². The van der Waals surface area contributed by atoms with E-state index in [4.69, 9.17) is 4.74 Å². The fourth-order valence-electron chi connectivity index (χ4n) is 1.76. The van der Waals surface area contributed by atoms with Gasteiger partial charge in [0.25, 0.3) is 0 Å². The molecule has 8 heteroatoms. The zero-order valence-electron chi connectivity index (χ0n) is 11.9. The van der Waals surface area contributed by atoms with Crippen molar-refractivity contribution in [2.24, 2.45) is 0 Å². The zero-order valence-corrected chi connectivity index (χ0v) is 11.9. The van der Waals surface area contributed by atoms with Crippen LogP contribution in [-0.4, -0.2) is 48.7 Å². The highest BCUT2D eigenvalue weighted by Crippen LogP contribution is 2.10. The van der Waals surface area contributed by atoms with Crippen molar-refractivity contribution in [2.75, 3.05) is 6.61 Å². The minimum absolute atomic E-state index is 0.0794. The average Bonchev–Trinajstić information content (AvgIpc) is 2.87. The first kappa shape index (κ1) is 15.0. The van der Waals surface area contributed by atoms with E-state index in [0.29, 0.717) is 18.1 Å². The van der Waals surface area contributed by atoms with Crippen molar-refractivity contribution in [3.05, 3.63) is 24.2 Å². The predicted octanol–water partition coefficient (Wildman–Crippen LogP) is 0.358. The molecule has 2 rings (SSSR count). The number of hydrogen-bond donors (Lipinski definition) is 1. The number of aromatic nitrogens is 5. The van der Waals surface area contributed by atoms with Crippen molar-refractivity contribution in [3.8, 4) is 11.5 Å². The van der Waals surface area contributed by atoms with Crippen LogP contribution in [0.1, 0.15) is 19.0 Å². The Morgan fingerprint density at radius 3 is 3.05 bits per heavy atom. The third kappa shape index (κ3) is 4.32. The van der Waals surface area contributed by atoms with E-state index in [2.05, 4.69) is 20.3 Å². The van der Waals surface area contributed by atoms with Crippen molar-refractivity contribution in [2.45, 2.75) is 32.9 Å². The van der Waals surface area contributed by atoms with Crippen LogP contribution in [0.5, 0.6) is 0 Å². The highest BCUT2D eigenvalue weighted by Gasteiger charge is 2.14. The molecule has 0 bridgehead atoms. The lowest BCUT2D eigenvalue weighted by atomic mass is 10.2. The first-order valence-corrected chi connectivity index (χ1v) is 6.62. The lowest BCUT2D eigenvalue weighted by molar-refractivity contribution is -0.145.